The van der Waals surface area contributed by atoms with Crippen molar-refractivity contribution in [2.75, 3.05) is 13.7 Å². The lowest BCUT2D eigenvalue weighted by Gasteiger charge is -2.43. The Morgan fingerprint density at radius 1 is 1.26 bits per heavy atom. The number of aliphatic hydroxyl groups excluding tert-OH is 2. The van der Waals surface area contributed by atoms with E-state index < -0.39 is 48.8 Å². The molecule has 1 saturated heterocycles. The molecule has 1 fully saturated rings. The van der Waals surface area contributed by atoms with Crippen molar-refractivity contribution in [2.24, 2.45) is 0 Å². The summed E-state index contributed by atoms with van der Waals surface area (Å²) in [6, 6.07) is 3.72. The minimum Gasteiger partial charge on any atom is -0.394 e. The molecule has 0 bridgehead atoms. The van der Waals surface area contributed by atoms with Crippen molar-refractivity contribution in [3.05, 3.63) is 64.0 Å². The van der Waals surface area contributed by atoms with Gasteiger partial charge in [-0.15, -0.1) is 16.4 Å². The summed E-state index contributed by atoms with van der Waals surface area (Å²) in [4.78, 5) is 5.27. The first-order chi connectivity index (χ1) is 18.1. The summed E-state index contributed by atoms with van der Waals surface area (Å²) in [6.07, 6.45) is -4.52. The van der Waals surface area contributed by atoms with Crippen LogP contribution in [0.5, 0.6) is 0 Å². The number of hydrogen-bond acceptors (Lipinski definition) is 9. The van der Waals surface area contributed by atoms with Gasteiger partial charge in [-0.25, -0.2) is 14.3 Å². The number of aliphatic hydroxyl groups is 2. The van der Waals surface area contributed by atoms with Crippen LogP contribution in [0.15, 0.2) is 42.9 Å². The third-order valence-corrected chi connectivity index (χ3v) is 7.42. The topological polar surface area (TPSA) is 120 Å². The van der Waals surface area contributed by atoms with E-state index in [1.54, 1.807) is 12.4 Å². The SMILES string of the molecule is CO[C@@H]1[C@@H](n2cc(-c3ncc(C)s3)nn2)[C@@H](O)[C@@H](CO)O[C@H]1c1ccnn1-c1cc(Cl)ccc1C(F)(F)F. The Balaban J connectivity index is 1.58. The molecule has 0 amide bonds. The van der Waals surface area contributed by atoms with Gasteiger partial charge in [0.15, 0.2) is 0 Å². The van der Waals surface area contributed by atoms with E-state index in [2.05, 4.69) is 20.4 Å². The molecule has 4 heterocycles. The summed E-state index contributed by atoms with van der Waals surface area (Å²) in [6.45, 7) is 1.33. The van der Waals surface area contributed by atoms with Crippen LogP contribution in [0.4, 0.5) is 13.2 Å². The molecule has 0 unspecified atom stereocenters. The third-order valence-electron chi connectivity index (χ3n) is 6.25. The fraction of sp³-hybridized carbons (Fsp3) is 0.391. The molecule has 10 nitrogen and oxygen atoms in total. The van der Waals surface area contributed by atoms with Crippen LogP contribution in [0.2, 0.25) is 5.02 Å². The Bertz CT molecular complexity index is 1430. The average molecular weight is 571 g/mol. The van der Waals surface area contributed by atoms with E-state index in [0.717, 1.165) is 27.8 Å². The lowest BCUT2D eigenvalue weighted by molar-refractivity contribution is -0.216. The molecule has 0 spiro atoms. The van der Waals surface area contributed by atoms with Gasteiger partial charge < -0.3 is 19.7 Å². The highest BCUT2D eigenvalue weighted by Gasteiger charge is 2.49. The zero-order valence-electron chi connectivity index (χ0n) is 19.9. The summed E-state index contributed by atoms with van der Waals surface area (Å²) in [5.74, 6) is 0. The van der Waals surface area contributed by atoms with Gasteiger partial charge in [-0.2, -0.15) is 18.3 Å². The van der Waals surface area contributed by atoms with Gasteiger partial charge in [0.05, 0.1) is 29.7 Å². The number of halogens is 4. The van der Waals surface area contributed by atoms with Gasteiger partial charge in [0.25, 0.3) is 0 Å². The quantitative estimate of drug-likeness (QED) is 0.361. The zero-order chi connectivity index (χ0) is 27.2. The fourth-order valence-corrected chi connectivity index (χ4v) is 5.42. The predicted molar refractivity (Wildman–Crippen MR) is 130 cm³/mol. The minimum atomic E-state index is -4.69. The first kappa shape index (κ1) is 26.7. The molecule has 202 valence electrons. The number of aromatic nitrogens is 6. The number of rotatable bonds is 6. The van der Waals surface area contributed by atoms with E-state index in [4.69, 9.17) is 21.1 Å². The molecule has 2 N–H and O–H groups in total. The Kier molecular flexibility index (Phi) is 7.28. The largest absolute Gasteiger partial charge is 0.418 e. The smallest absolute Gasteiger partial charge is 0.394 e. The second-order valence-corrected chi connectivity index (χ2v) is 10.3. The van der Waals surface area contributed by atoms with E-state index in [-0.39, 0.29) is 16.4 Å². The number of ether oxygens (including phenoxy) is 2. The van der Waals surface area contributed by atoms with Crippen molar-refractivity contribution in [1.29, 1.82) is 0 Å². The van der Waals surface area contributed by atoms with E-state index in [9.17, 15) is 23.4 Å². The summed E-state index contributed by atoms with van der Waals surface area (Å²) >= 11 is 7.46. The first-order valence-corrected chi connectivity index (χ1v) is 12.5. The Morgan fingerprint density at radius 3 is 2.71 bits per heavy atom. The van der Waals surface area contributed by atoms with Gasteiger partial charge in [-0.05, 0) is 31.2 Å². The fourth-order valence-electron chi connectivity index (χ4n) is 4.54. The molecule has 1 aliphatic heterocycles. The van der Waals surface area contributed by atoms with E-state index in [1.165, 1.54) is 35.4 Å². The number of nitrogens with zero attached hydrogens (tertiary/aromatic N) is 6. The highest BCUT2D eigenvalue weighted by molar-refractivity contribution is 7.14. The number of alkyl halides is 3. The standard InChI is InChI=1S/C23H22ClF3N6O4S/c1-11-8-28-22(38-11)14-9-32(31-30-14)18-19(35)17(10-34)37-20(21(18)36-2)15-5-6-29-33(15)16-7-12(24)3-4-13(16)23(25,26)27/h3-9,17-21,34-35H,10H2,1-2H3/t17-,18+,19+,20+,21-/m1/s1. The van der Waals surface area contributed by atoms with Crippen LogP contribution < -0.4 is 0 Å². The molecule has 0 radical (unpaired) electrons. The molecule has 5 rings (SSSR count). The molecule has 3 aromatic heterocycles. The van der Waals surface area contributed by atoms with Crippen LogP contribution in [0.1, 0.15) is 28.3 Å². The minimum absolute atomic E-state index is 0.0800. The molecule has 1 aromatic carbocycles. The Hall–Kier alpha value is -2.88. The van der Waals surface area contributed by atoms with Gasteiger partial charge in [-0.3, -0.25) is 0 Å². The van der Waals surface area contributed by atoms with Crippen LogP contribution in [-0.4, -0.2) is 72.0 Å². The van der Waals surface area contributed by atoms with Crippen molar-refractivity contribution in [3.63, 3.8) is 0 Å². The van der Waals surface area contributed by atoms with Crippen molar-refractivity contribution in [3.8, 4) is 16.4 Å². The number of benzene rings is 1. The number of hydrogen-bond donors (Lipinski definition) is 2. The molecular weight excluding hydrogens is 549 g/mol. The predicted octanol–water partition coefficient (Wildman–Crippen LogP) is 3.62. The third kappa shape index (κ3) is 4.83. The zero-order valence-corrected chi connectivity index (χ0v) is 21.5. The van der Waals surface area contributed by atoms with Gasteiger partial charge in [-0.1, -0.05) is 16.8 Å². The van der Waals surface area contributed by atoms with Crippen molar-refractivity contribution in [2.45, 2.75) is 43.6 Å². The lowest BCUT2D eigenvalue weighted by atomic mass is 9.90. The second-order valence-electron chi connectivity index (χ2n) is 8.65. The van der Waals surface area contributed by atoms with Crippen LogP contribution >= 0.6 is 22.9 Å². The monoisotopic (exact) mass is 570 g/mol. The average Bonchev–Trinajstić information content (AvgIpc) is 3.63. The van der Waals surface area contributed by atoms with Gasteiger partial charge in [0.1, 0.15) is 41.2 Å². The van der Waals surface area contributed by atoms with Crippen LogP contribution in [0, 0.1) is 6.92 Å². The molecule has 5 atom stereocenters. The van der Waals surface area contributed by atoms with Gasteiger partial charge >= 0.3 is 6.18 Å². The highest BCUT2D eigenvalue weighted by Crippen LogP contribution is 2.42. The molecule has 0 saturated carbocycles. The lowest BCUT2D eigenvalue weighted by Crippen LogP contribution is -2.53. The van der Waals surface area contributed by atoms with Crippen molar-refractivity contribution < 1.29 is 32.9 Å². The van der Waals surface area contributed by atoms with Gasteiger partial charge in [0.2, 0.25) is 0 Å². The van der Waals surface area contributed by atoms with Gasteiger partial charge in [0, 0.05) is 29.4 Å². The molecule has 15 heteroatoms. The van der Waals surface area contributed by atoms with E-state index in [0.29, 0.717) is 10.7 Å². The number of methoxy groups -OCH3 is 1. The normalized spacial score (nSPS) is 24.2. The number of aryl methyl sites for hydroxylation is 1. The molecule has 38 heavy (non-hydrogen) atoms. The van der Waals surface area contributed by atoms with Crippen LogP contribution in [0.25, 0.3) is 16.4 Å². The molecule has 4 aromatic rings. The summed E-state index contributed by atoms with van der Waals surface area (Å²) < 4.78 is 55.7. The Morgan fingerprint density at radius 2 is 2.05 bits per heavy atom. The van der Waals surface area contributed by atoms with Crippen molar-refractivity contribution in [1.82, 2.24) is 29.8 Å². The summed E-state index contributed by atoms with van der Waals surface area (Å²) in [7, 11) is 1.38. The molecular formula is C23H22ClF3N6O4S. The summed E-state index contributed by atoms with van der Waals surface area (Å²) in [5.41, 5.74) is -0.608. The highest BCUT2D eigenvalue weighted by atomic mass is 35.5. The second kappa shape index (κ2) is 10.4. The maximum atomic E-state index is 13.9. The van der Waals surface area contributed by atoms with E-state index in [1.807, 2.05) is 6.92 Å². The van der Waals surface area contributed by atoms with Crippen molar-refractivity contribution >= 4 is 22.9 Å². The Labute approximate surface area is 223 Å². The van der Waals surface area contributed by atoms with E-state index >= 15 is 0 Å². The van der Waals surface area contributed by atoms with Crippen LogP contribution in [-0.2, 0) is 15.7 Å². The molecule has 0 aliphatic carbocycles. The maximum absolute atomic E-state index is 13.9. The van der Waals surface area contributed by atoms with Crippen LogP contribution in [0.3, 0.4) is 0 Å². The number of thiazole rings is 1. The summed E-state index contributed by atoms with van der Waals surface area (Å²) in [5, 5.41) is 34.2. The first-order valence-electron chi connectivity index (χ1n) is 11.3. The molecule has 1 aliphatic rings. The maximum Gasteiger partial charge on any atom is 0.418 e.